The van der Waals surface area contributed by atoms with Gasteiger partial charge in [0.2, 0.25) is 0 Å². The van der Waals surface area contributed by atoms with E-state index in [0.717, 1.165) is 22.4 Å². The van der Waals surface area contributed by atoms with Gasteiger partial charge < -0.3 is 0 Å². The standard InChI is InChI=1S/2C23H27.C2H6Si.Hf/c2*1-16(2)13-17-9-6-7-11-20(17)21-12-8-10-18-14-19(15-22(18)21)23(3,4)5;1-3-2;/h2*6-12,14-16H,13H2,1-5H3;1-2H3;/q2*-1;;. The van der Waals surface area contributed by atoms with Crippen LogP contribution in [0.1, 0.15) is 91.5 Å². The fraction of sp³-hybridized carbons (Fsp3) is 0.375. The average molecular weight is 844 g/mol. The molecule has 0 saturated carbocycles. The number of hydrogen-bond donors (Lipinski definition) is 0. The Kier molecular flexibility index (Phi) is 15.1. The van der Waals surface area contributed by atoms with Crippen molar-refractivity contribution in [3.8, 4) is 22.3 Å². The Labute approximate surface area is 326 Å². The molecule has 6 aromatic rings. The maximum Gasteiger partial charge on any atom is 0.0307 e. The van der Waals surface area contributed by atoms with Crippen molar-refractivity contribution in [3.63, 3.8) is 0 Å². The van der Waals surface area contributed by atoms with Gasteiger partial charge in [-0.25, -0.2) is 0 Å². The average Bonchev–Trinajstić information content (AvgIpc) is 3.68. The summed E-state index contributed by atoms with van der Waals surface area (Å²) in [5.41, 5.74) is 11.6. The van der Waals surface area contributed by atoms with E-state index >= 15 is 0 Å². The summed E-state index contributed by atoms with van der Waals surface area (Å²) in [6.07, 6.45) is 2.25. The van der Waals surface area contributed by atoms with Gasteiger partial charge in [0.1, 0.15) is 0 Å². The van der Waals surface area contributed by atoms with Gasteiger partial charge in [0, 0.05) is 35.4 Å². The summed E-state index contributed by atoms with van der Waals surface area (Å²) in [7, 11) is 1.08. The first-order valence-corrected chi connectivity index (χ1v) is 20.3. The molecular formula is C48H60HfSi-2. The maximum atomic E-state index is 2.39. The van der Waals surface area contributed by atoms with Gasteiger partial charge in [-0.15, -0.1) is 69.1 Å². The van der Waals surface area contributed by atoms with Gasteiger partial charge in [0.25, 0.3) is 0 Å². The second kappa shape index (κ2) is 18.1. The van der Waals surface area contributed by atoms with Crippen molar-refractivity contribution in [3.05, 3.63) is 131 Å². The molecular weight excluding hydrogens is 783 g/mol. The van der Waals surface area contributed by atoms with Crippen LogP contribution in [-0.4, -0.2) is 9.52 Å². The minimum Gasteiger partial charge on any atom is -0.164 e. The van der Waals surface area contributed by atoms with Gasteiger partial charge >= 0.3 is 0 Å². The second-order valence-corrected chi connectivity index (χ2v) is 17.6. The summed E-state index contributed by atoms with van der Waals surface area (Å²) in [6.45, 7) is 27.2. The summed E-state index contributed by atoms with van der Waals surface area (Å²) in [5.74, 6) is 1.33. The first-order valence-electron chi connectivity index (χ1n) is 18.3. The molecule has 0 atom stereocenters. The molecule has 262 valence electrons. The van der Waals surface area contributed by atoms with Gasteiger partial charge in [-0.05, 0) is 57.8 Å². The molecule has 50 heavy (non-hydrogen) atoms. The fourth-order valence-corrected chi connectivity index (χ4v) is 6.61. The molecule has 0 aromatic heterocycles. The van der Waals surface area contributed by atoms with Crippen molar-refractivity contribution >= 4 is 31.1 Å². The van der Waals surface area contributed by atoms with E-state index in [0.29, 0.717) is 11.8 Å². The van der Waals surface area contributed by atoms with Crippen molar-refractivity contribution < 1.29 is 25.8 Å². The van der Waals surface area contributed by atoms with Crippen molar-refractivity contribution in [2.24, 2.45) is 11.8 Å². The molecule has 0 unspecified atom stereocenters. The molecule has 0 heterocycles. The number of rotatable bonds is 6. The van der Waals surface area contributed by atoms with E-state index in [4.69, 9.17) is 0 Å². The zero-order valence-electron chi connectivity index (χ0n) is 33.0. The van der Waals surface area contributed by atoms with E-state index < -0.39 is 0 Å². The van der Waals surface area contributed by atoms with E-state index in [1.807, 2.05) is 0 Å². The smallest absolute Gasteiger partial charge is 0.0307 e. The first-order chi connectivity index (χ1) is 23.1. The Balaban J connectivity index is 0.000000246. The van der Waals surface area contributed by atoms with E-state index in [1.54, 1.807) is 0 Å². The minimum atomic E-state index is 0. The molecule has 0 aliphatic rings. The molecule has 0 N–H and O–H groups in total. The van der Waals surface area contributed by atoms with Crippen LogP contribution in [-0.2, 0) is 49.5 Å². The van der Waals surface area contributed by atoms with E-state index in [1.165, 1.54) is 66.1 Å². The predicted octanol–water partition coefficient (Wildman–Crippen LogP) is 14.2. The molecule has 2 heteroatoms. The van der Waals surface area contributed by atoms with Crippen LogP contribution in [0.5, 0.6) is 0 Å². The largest absolute Gasteiger partial charge is 0.164 e. The van der Waals surface area contributed by atoms with Gasteiger partial charge in [-0.1, -0.05) is 154 Å². The van der Waals surface area contributed by atoms with E-state index in [-0.39, 0.29) is 36.7 Å². The zero-order valence-corrected chi connectivity index (χ0v) is 37.6. The number of benzene rings is 4. The third-order valence-corrected chi connectivity index (χ3v) is 9.10. The van der Waals surface area contributed by atoms with Crippen LogP contribution in [0.15, 0.2) is 109 Å². The molecule has 0 amide bonds. The van der Waals surface area contributed by atoms with E-state index in [9.17, 15) is 0 Å². The number of hydrogen-bond acceptors (Lipinski definition) is 0. The van der Waals surface area contributed by atoms with Crippen molar-refractivity contribution in [2.75, 3.05) is 0 Å². The van der Waals surface area contributed by atoms with Crippen LogP contribution in [0.2, 0.25) is 13.1 Å². The fourth-order valence-electron chi connectivity index (χ4n) is 6.61. The Morgan fingerprint density at radius 1 is 0.500 bits per heavy atom. The van der Waals surface area contributed by atoms with Crippen molar-refractivity contribution in [1.29, 1.82) is 0 Å². The maximum absolute atomic E-state index is 2.39. The first kappa shape index (κ1) is 41.6. The predicted molar refractivity (Wildman–Crippen MR) is 222 cm³/mol. The normalized spacial score (nSPS) is 11.6. The van der Waals surface area contributed by atoms with E-state index in [2.05, 4.69) is 192 Å². The molecule has 0 aliphatic carbocycles. The summed E-state index contributed by atoms with van der Waals surface area (Å²) < 4.78 is 0. The number of fused-ring (bicyclic) bond motifs is 2. The minimum absolute atomic E-state index is 0. The Bertz CT molecular complexity index is 1790. The third kappa shape index (κ3) is 10.6. The molecule has 0 saturated heterocycles. The van der Waals surface area contributed by atoms with Gasteiger partial charge in [0.15, 0.2) is 0 Å². The summed E-state index contributed by atoms with van der Waals surface area (Å²) in [4.78, 5) is 0. The molecule has 0 fully saturated rings. The van der Waals surface area contributed by atoms with Crippen LogP contribution in [0.4, 0.5) is 0 Å². The van der Waals surface area contributed by atoms with Crippen molar-refractivity contribution in [2.45, 2.75) is 106 Å². The SMILES string of the molecule is CC(C)Cc1ccccc1-c1cccc2[cH-]c(C(C)(C)C)cc12.CC(C)Cc1ccccc1-c1cccc2[cH-]c(C(C)(C)C)cc12.C[Si]C.[Hf]. The Hall–Kier alpha value is -2.81. The van der Waals surface area contributed by atoms with Gasteiger partial charge in [-0.3, -0.25) is 0 Å². The molecule has 0 spiro atoms. The van der Waals surface area contributed by atoms with Gasteiger partial charge in [-0.2, -0.15) is 12.1 Å². The third-order valence-electron chi connectivity index (χ3n) is 9.10. The van der Waals surface area contributed by atoms with Crippen LogP contribution in [0, 0.1) is 11.8 Å². The molecule has 6 aromatic carbocycles. The zero-order chi connectivity index (χ0) is 35.9. The van der Waals surface area contributed by atoms with Crippen LogP contribution >= 0.6 is 0 Å². The van der Waals surface area contributed by atoms with Crippen molar-refractivity contribution in [1.82, 2.24) is 0 Å². The molecule has 0 nitrogen and oxygen atoms in total. The summed E-state index contributed by atoms with van der Waals surface area (Å²) >= 11 is 0. The quantitative estimate of drug-likeness (QED) is 0.116. The van der Waals surface area contributed by atoms with Crippen LogP contribution in [0.25, 0.3) is 43.8 Å². The van der Waals surface area contributed by atoms with Crippen LogP contribution < -0.4 is 0 Å². The monoisotopic (exact) mass is 844 g/mol. The summed E-state index contributed by atoms with van der Waals surface area (Å²) in [5, 5.41) is 5.47. The Morgan fingerprint density at radius 2 is 0.820 bits per heavy atom. The molecule has 6 rings (SSSR count). The molecule has 0 aliphatic heterocycles. The topological polar surface area (TPSA) is 0 Å². The summed E-state index contributed by atoms with van der Waals surface area (Å²) in [6, 6.07) is 40.6. The Morgan fingerprint density at radius 3 is 1.14 bits per heavy atom. The van der Waals surface area contributed by atoms with Gasteiger partial charge in [0.05, 0.1) is 0 Å². The van der Waals surface area contributed by atoms with Crippen LogP contribution in [0.3, 0.4) is 0 Å². The second-order valence-electron chi connectivity index (χ2n) is 16.6. The molecule has 0 bridgehead atoms. The molecule has 2 radical (unpaired) electrons.